The van der Waals surface area contributed by atoms with Crippen LogP contribution in [0.5, 0.6) is 11.5 Å². The Balaban J connectivity index is 1.83. The molecule has 1 unspecified atom stereocenters. The van der Waals surface area contributed by atoms with Crippen LogP contribution < -0.4 is 25.0 Å². The van der Waals surface area contributed by atoms with Gasteiger partial charge < -0.3 is 25.0 Å². The average Bonchev–Trinajstić information content (AvgIpc) is 2.61. The molecular formula is C19H23ClN3O4+. The van der Waals surface area contributed by atoms with E-state index in [0.29, 0.717) is 27.9 Å². The molecule has 0 aromatic heterocycles. The lowest BCUT2D eigenvalue weighted by Crippen LogP contribution is -3.11. The van der Waals surface area contributed by atoms with Gasteiger partial charge in [-0.1, -0.05) is 17.7 Å². The molecule has 0 aliphatic rings. The van der Waals surface area contributed by atoms with Crippen molar-refractivity contribution in [3.63, 3.8) is 0 Å². The fourth-order valence-corrected chi connectivity index (χ4v) is 2.72. The number of hydrogen-bond donors (Lipinski definition) is 3. The zero-order valence-electron chi connectivity index (χ0n) is 15.5. The second-order valence-electron chi connectivity index (χ2n) is 5.99. The molecule has 27 heavy (non-hydrogen) atoms. The largest absolute Gasteiger partial charge is 0.497 e. The molecule has 0 aliphatic heterocycles. The standard InChI is InChI=1S/C19H22ClN3O4/c1-23(11-18(24)21-13-5-4-6-15(9-13)26-2)12-19(25)22-14-7-8-17(27-3)16(20)10-14/h4-10H,11-12H2,1-3H3,(H,21,24)(H,22,25)/p+1. The second-order valence-corrected chi connectivity index (χ2v) is 6.40. The molecule has 2 aromatic carbocycles. The molecule has 0 bridgehead atoms. The highest BCUT2D eigenvalue weighted by atomic mass is 35.5. The lowest BCUT2D eigenvalue weighted by atomic mass is 10.3. The number of likely N-dealkylation sites (N-methyl/N-ethyl adjacent to an activating group) is 1. The summed E-state index contributed by atoms with van der Waals surface area (Å²) in [5.41, 5.74) is 1.21. The number of halogens is 1. The Bertz CT molecular complexity index is 813. The molecule has 0 aliphatic carbocycles. The molecule has 2 aromatic rings. The van der Waals surface area contributed by atoms with Crippen molar-refractivity contribution in [3.8, 4) is 11.5 Å². The summed E-state index contributed by atoms with van der Waals surface area (Å²) in [4.78, 5) is 25.0. The minimum Gasteiger partial charge on any atom is -0.497 e. The van der Waals surface area contributed by atoms with Gasteiger partial charge in [0.15, 0.2) is 13.1 Å². The van der Waals surface area contributed by atoms with Gasteiger partial charge in [-0.15, -0.1) is 0 Å². The zero-order chi connectivity index (χ0) is 19.8. The van der Waals surface area contributed by atoms with E-state index in [4.69, 9.17) is 21.1 Å². The minimum absolute atomic E-state index is 0.134. The van der Waals surface area contributed by atoms with E-state index >= 15 is 0 Å². The summed E-state index contributed by atoms with van der Waals surface area (Å²) in [6.45, 7) is 0.281. The fourth-order valence-electron chi connectivity index (χ4n) is 2.47. The van der Waals surface area contributed by atoms with Crippen molar-refractivity contribution in [3.05, 3.63) is 47.5 Å². The molecule has 0 radical (unpaired) electrons. The highest BCUT2D eigenvalue weighted by molar-refractivity contribution is 6.32. The van der Waals surface area contributed by atoms with E-state index in [1.165, 1.54) is 7.11 Å². The third-order valence-corrected chi connectivity index (χ3v) is 4.01. The van der Waals surface area contributed by atoms with Crippen molar-refractivity contribution in [1.29, 1.82) is 0 Å². The first kappa shape index (κ1) is 20.5. The van der Waals surface area contributed by atoms with Crippen LogP contribution in [0.2, 0.25) is 5.02 Å². The number of carbonyl (C=O) groups excluding carboxylic acids is 2. The Labute approximate surface area is 163 Å². The van der Waals surface area contributed by atoms with E-state index in [1.807, 2.05) is 0 Å². The first-order valence-electron chi connectivity index (χ1n) is 8.30. The van der Waals surface area contributed by atoms with E-state index in [0.717, 1.165) is 4.90 Å². The maximum Gasteiger partial charge on any atom is 0.279 e. The Morgan fingerprint density at radius 1 is 0.963 bits per heavy atom. The van der Waals surface area contributed by atoms with Gasteiger partial charge in [0, 0.05) is 17.4 Å². The zero-order valence-corrected chi connectivity index (χ0v) is 16.2. The van der Waals surface area contributed by atoms with Gasteiger partial charge >= 0.3 is 0 Å². The fraction of sp³-hybridized carbons (Fsp3) is 0.263. The number of methoxy groups -OCH3 is 2. The number of ether oxygens (including phenoxy) is 2. The molecular weight excluding hydrogens is 370 g/mol. The van der Waals surface area contributed by atoms with Gasteiger partial charge in [0.05, 0.1) is 26.3 Å². The number of nitrogens with one attached hydrogen (secondary N) is 3. The lowest BCUT2D eigenvalue weighted by molar-refractivity contribution is -0.862. The van der Waals surface area contributed by atoms with Crippen molar-refractivity contribution in [2.45, 2.75) is 0 Å². The SMILES string of the molecule is COc1cccc(NC(=O)C[NH+](C)CC(=O)Nc2ccc(OC)c(Cl)c2)c1. The normalized spacial score (nSPS) is 11.4. The Kier molecular flexibility index (Phi) is 7.45. The average molecular weight is 393 g/mol. The first-order valence-corrected chi connectivity index (χ1v) is 8.67. The molecule has 0 heterocycles. The molecule has 0 saturated carbocycles. The maximum absolute atomic E-state index is 12.2. The Hall–Kier alpha value is -2.77. The number of amides is 2. The van der Waals surface area contributed by atoms with Crippen molar-refractivity contribution in [2.24, 2.45) is 0 Å². The third kappa shape index (κ3) is 6.47. The number of rotatable bonds is 8. The van der Waals surface area contributed by atoms with Gasteiger partial charge in [-0.05, 0) is 30.3 Å². The molecule has 7 nitrogen and oxygen atoms in total. The number of benzene rings is 2. The second kappa shape index (κ2) is 9.80. The smallest absolute Gasteiger partial charge is 0.279 e. The van der Waals surface area contributed by atoms with Crippen molar-refractivity contribution < 1.29 is 24.0 Å². The van der Waals surface area contributed by atoms with Crippen LogP contribution in [0, 0.1) is 0 Å². The topological polar surface area (TPSA) is 81.1 Å². The quantitative estimate of drug-likeness (QED) is 0.635. The van der Waals surface area contributed by atoms with Crippen LogP contribution in [0.4, 0.5) is 11.4 Å². The highest BCUT2D eigenvalue weighted by Gasteiger charge is 2.15. The van der Waals surface area contributed by atoms with Gasteiger partial charge in [-0.3, -0.25) is 9.59 Å². The molecule has 2 rings (SSSR count). The van der Waals surface area contributed by atoms with Crippen LogP contribution in [0.1, 0.15) is 0 Å². The maximum atomic E-state index is 12.2. The van der Waals surface area contributed by atoms with Crippen LogP contribution in [-0.2, 0) is 9.59 Å². The van der Waals surface area contributed by atoms with Gasteiger partial charge in [0.2, 0.25) is 0 Å². The monoisotopic (exact) mass is 392 g/mol. The lowest BCUT2D eigenvalue weighted by Gasteiger charge is -2.14. The molecule has 0 saturated heterocycles. The molecule has 0 spiro atoms. The number of anilines is 2. The Morgan fingerprint density at radius 2 is 1.59 bits per heavy atom. The summed E-state index contributed by atoms with van der Waals surface area (Å²) in [5.74, 6) is 0.779. The predicted octanol–water partition coefficient (Wildman–Crippen LogP) is 1.45. The summed E-state index contributed by atoms with van der Waals surface area (Å²) in [7, 11) is 4.85. The number of carbonyl (C=O) groups is 2. The van der Waals surface area contributed by atoms with E-state index < -0.39 is 0 Å². The van der Waals surface area contributed by atoms with Crippen LogP contribution in [0.3, 0.4) is 0 Å². The van der Waals surface area contributed by atoms with Crippen LogP contribution in [0.15, 0.2) is 42.5 Å². The molecule has 3 N–H and O–H groups in total. The van der Waals surface area contributed by atoms with Gasteiger partial charge in [-0.2, -0.15) is 0 Å². The third-order valence-electron chi connectivity index (χ3n) is 3.71. The van der Waals surface area contributed by atoms with E-state index in [2.05, 4.69) is 10.6 Å². The number of hydrogen-bond acceptors (Lipinski definition) is 4. The van der Waals surface area contributed by atoms with Crippen molar-refractivity contribution >= 4 is 34.8 Å². The first-order chi connectivity index (χ1) is 12.9. The molecule has 0 fully saturated rings. The summed E-state index contributed by atoms with van der Waals surface area (Å²) in [6, 6.07) is 12.1. The summed E-state index contributed by atoms with van der Waals surface area (Å²) >= 11 is 6.04. The number of quaternary nitrogens is 1. The molecule has 1 atom stereocenters. The van der Waals surface area contributed by atoms with Gasteiger partial charge in [0.1, 0.15) is 11.5 Å². The van der Waals surface area contributed by atoms with Gasteiger partial charge in [-0.25, -0.2) is 0 Å². The predicted molar refractivity (Wildman–Crippen MR) is 105 cm³/mol. The molecule has 2 amide bonds. The van der Waals surface area contributed by atoms with E-state index in [9.17, 15) is 9.59 Å². The van der Waals surface area contributed by atoms with Crippen LogP contribution in [0.25, 0.3) is 0 Å². The highest BCUT2D eigenvalue weighted by Crippen LogP contribution is 2.27. The summed E-state index contributed by atoms with van der Waals surface area (Å²) in [5, 5.41) is 5.95. The minimum atomic E-state index is -0.220. The van der Waals surface area contributed by atoms with Crippen molar-refractivity contribution in [2.75, 3.05) is 45.0 Å². The molecule has 144 valence electrons. The molecule has 8 heteroatoms. The van der Waals surface area contributed by atoms with Crippen molar-refractivity contribution in [1.82, 2.24) is 0 Å². The van der Waals surface area contributed by atoms with E-state index in [1.54, 1.807) is 56.6 Å². The van der Waals surface area contributed by atoms with Crippen LogP contribution in [-0.4, -0.2) is 46.2 Å². The Morgan fingerprint density at radius 3 is 2.15 bits per heavy atom. The summed E-state index contributed by atoms with van der Waals surface area (Å²) < 4.78 is 10.2. The van der Waals surface area contributed by atoms with E-state index in [-0.39, 0.29) is 24.9 Å². The summed E-state index contributed by atoms with van der Waals surface area (Å²) in [6.07, 6.45) is 0. The van der Waals surface area contributed by atoms with Crippen LogP contribution >= 0.6 is 11.6 Å². The van der Waals surface area contributed by atoms with Gasteiger partial charge in [0.25, 0.3) is 11.8 Å².